The molecule has 3 nitrogen and oxygen atoms in total. The predicted molar refractivity (Wildman–Crippen MR) is 62.2 cm³/mol. The SMILES string of the molecule is OCc1cnc(Cc2c(F)cccc2Cl)nc1. The van der Waals surface area contributed by atoms with Gasteiger partial charge in [-0.25, -0.2) is 14.4 Å². The number of aliphatic hydroxyl groups is 1. The third-order valence-corrected chi connectivity index (χ3v) is 2.69. The molecular weight excluding hydrogens is 243 g/mol. The highest BCUT2D eigenvalue weighted by Gasteiger charge is 2.09. The van der Waals surface area contributed by atoms with Crippen LogP contribution in [-0.2, 0) is 13.0 Å². The maximum atomic E-state index is 13.5. The van der Waals surface area contributed by atoms with Gasteiger partial charge in [-0.2, -0.15) is 0 Å². The molecule has 1 aromatic carbocycles. The van der Waals surface area contributed by atoms with E-state index in [-0.39, 0.29) is 18.8 Å². The van der Waals surface area contributed by atoms with Crippen molar-refractivity contribution in [3.63, 3.8) is 0 Å². The quantitative estimate of drug-likeness (QED) is 0.912. The fourth-order valence-corrected chi connectivity index (χ4v) is 1.64. The molecule has 0 aliphatic rings. The van der Waals surface area contributed by atoms with Crippen LogP contribution in [0, 0.1) is 5.82 Å². The minimum absolute atomic E-state index is 0.110. The van der Waals surface area contributed by atoms with Gasteiger partial charge < -0.3 is 5.11 Å². The minimum Gasteiger partial charge on any atom is -0.392 e. The van der Waals surface area contributed by atoms with E-state index >= 15 is 0 Å². The molecular formula is C12H10ClFN2O. The number of hydrogen-bond acceptors (Lipinski definition) is 3. The van der Waals surface area contributed by atoms with Crippen molar-refractivity contribution in [1.82, 2.24) is 9.97 Å². The summed E-state index contributed by atoms with van der Waals surface area (Å²) in [5.74, 6) is 0.0986. The molecule has 0 aliphatic carbocycles. The van der Waals surface area contributed by atoms with E-state index in [4.69, 9.17) is 16.7 Å². The van der Waals surface area contributed by atoms with E-state index in [0.29, 0.717) is 22.0 Å². The summed E-state index contributed by atoms with van der Waals surface area (Å²) in [5, 5.41) is 9.21. The zero-order chi connectivity index (χ0) is 12.3. The lowest BCUT2D eigenvalue weighted by molar-refractivity contribution is 0.280. The highest BCUT2D eigenvalue weighted by molar-refractivity contribution is 6.31. The molecule has 0 saturated heterocycles. The van der Waals surface area contributed by atoms with E-state index in [1.54, 1.807) is 12.1 Å². The van der Waals surface area contributed by atoms with Gasteiger partial charge in [-0.05, 0) is 12.1 Å². The molecule has 0 spiro atoms. The predicted octanol–water partition coefficient (Wildman–Crippen LogP) is 2.35. The van der Waals surface area contributed by atoms with Crippen molar-refractivity contribution in [3.05, 3.63) is 58.4 Å². The van der Waals surface area contributed by atoms with E-state index in [2.05, 4.69) is 9.97 Å². The molecule has 0 amide bonds. The van der Waals surface area contributed by atoms with Crippen LogP contribution in [0.5, 0.6) is 0 Å². The van der Waals surface area contributed by atoms with Gasteiger partial charge in [0.05, 0.1) is 6.61 Å². The number of benzene rings is 1. The summed E-state index contributed by atoms with van der Waals surface area (Å²) in [6.45, 7) is -0.110. The molecule has 0 atom stereocenters. The first-order valence-corrected chi connectivity index (χ1v) is 5.42. The lowest BCUT2D eigenvalue weighted by Crippen LogP contribution is -2.00. The van der Waals surface area contributed by atoms with Crippen molar-refractivity contribution in [3.8, 4) is 0 Å². The molecule has 88 valence electrons. The average molecular weight is 253 g/mol. The van der Waals surface area contributed by atoms with Gasteiger partial charge in [0.25, 0.3) is 0 Å². The lowest BCUT2D eigenvalue weighted by Gasteiger charge is -2.05. The normalized spacial score (nSPS) is 10.5. The van der Waals surface area contributed by atoms with Crippen molar-refractivity contribution < 1.29 is 9.50 Å². The second-order valence-corrected chi connectivity index (χ2v) is 3.95. The summed E-state index contributed by atoms with van der Waals surface area (Å²) in [6, 6.07) is 4.53. The molecule has 2 aromatic rings. The number of halogens is 2. The first kappa shape index (κ1) is 12.0. The Morgan fingerprint density at radius 1 is 1.24 bits per heavy atom. The first-order valence-electron chi connectivity index (χ1n) is 5.04. The maximum absolute atomic E-state index is 13.5. The molecule has 5 heteroatoms. The second kappa shape index (κ2) is 5.21. The lowest BCUT2D eigenvalue weighted by atomic mass is 10.1. The molecule has 0 bridgehead atoms. The van der Waals surface area contributed by atoms with Gasteiger partial charge in [-0.3, -0.25) is 0 Å². The summed E-state index contributed by atoms with van der Waals surface area (Å²) in [6.07, 6.45) is 3.26. The van der Waals surface area contributed by atoms with Crippen LogP contribution < -0.4 is 0 Å². The topological polar surface area (TPSA) is 46.0 Å². The van der Waals surface area contributed by atoms with E-state index in [1.807, 2.05) is 0 Å². The van der Waals surface area contributed by atoms with Crippen molar-refractivity contribution in [1.29, 1.82) is 0 Å². The fourth-order valence-electron chi connectivity index (χ4n) is 1.41. The Kier molecular flexibility index (Phi) is 3.66. The summed E-state index contributed by atoms with van der Waals surface area (Å²) in [5.41, 5.74) is 0.999. The molecule has 1 N–H and O–H groups in total. The van der Waals surface area contributed by atoms with Gasteiger partial charge in [-0.1, -0.05) is 17.7 Å². The number of rotatable bonds is 3. The average Bonchev–Trinajstić information content (AvgIpc) is 2.35. The van der Waals surface area contributed by atoms with Gasteiger partial charge in [0.15, 0.2) is 0 Å². The number of hydrogen-bond donors (Lipinski definition) is 1. The van der Waals surface area contributed by atoms with E-state index in [1.165, 1.54) is 18.5 Å². The third kappa shape index (κ3) is 2.78. The molecule has 1 heterocycles. The molecule has 0 fully saturated rings. The molecule has 2 rings (SSSR count). The minimum atomic E-state index is -0.368. The number of aliphatic hydroxyl groups excluding tert-OH is 1. The molecule has 17 heavy (non-hydrogen) atoms. The van der Waals surface area contributed by atoms with Gasteiger partial charge in [0.2, 0.25) is 0 Å². The second-order valence-electron chi connectivity index (χ2n) is 3.54. The Bertz CT molecular complexity index is 496. The number of nitrogens with zero attached hydrogens (tertiary/aromatic N) is 2. The summed E-state index contributed by atoms with van der Waals surface area (Å²) in [7, 11) is 0. The van der Waals surface area contributed by atoms with Gasteiger partial charge in [0.1, 0.15) is 11.6 Å². The monoisotopic (exact) mass is 252 g/mol. The van der Waals surface area contributed by atoms with Crippen LogP contribution in [-0.4, -0.2) is 15.1 Å². The zero-order valence-electron chi connectivity index (χ0n) is 8.90. The Morgan fingerprint density at radius 3 is 2.53 bits per heavy atom. The molecule has 0 radical (unpaired) electrons. The van der Waals surface area contributed by atoms with Crippen molar-refractivity contribution in [2.75, 3.05) is 0 Å². The van der Waals surface area contributed by atoms with E-state index < -0.39 is 0 Å². The number of aromatic nitrogens is 2. The van der Waals surface area contributed by atoms with Crippen molar-refractivity contribution in [2.45, 2.75) is 13.0 Å². The highest BCUT2D eigenvalue weighted by Crippen LogP contribution is 2.20. The Hall–Kier alpha value is -1.52. The Morgan fingerprint density at radius 2 is 1.94 bits per heavy atom. The van der Waals surface area contributed by atoms with Crippen LogP contribution >= 0.6 is 11.6 Å². The van der Waals surface area contributed by atoms with Crippen LogP contribution in [0.15, 0.2) is 30.6 Å². The molecule has 0 saturated carbocycles. The Labute approximate surface area is 103 Å². The van der Waals surface area contributed by atoms with E-state index in [9.17, 15) is 4.39 Å². The van der Waals surface area contributed by atoms with Crippen molar-refractivity contribution in [2.24, 2.45) is 0 Å². The van der Waals surface area contributed by atoms with Gasteiger partial charge in [-0.15, -0.1) is 0 Å². The van der Waals surface area contributed by atoms with Gasteiger partial charge in [0, 0.05) is 35.0 Å². The summed E-state index contributed by atoms with van der Waals surface area (Å²) < 4.78 is 13.5. The van der Waals surface area contributed by atoms with Crippen LogP contribution in [0.25, 0.3) is 0 Å². The van der Waals surface area contributed by atoms with Crippen LogP contribution in [0.4, 0.5) is 4.39 Å². The smallest absolute Gasteiger partial charge is 0.132 e. The standard InChI is InChI=1S/C12H10ClFN2O/c13-10-2-1-3-11(14)9(10)4-12-15-5-8(7-17)6-16-12/h1-3,5-6,17H,4,7H2. The fraction of sp³-hybridized carbons (Fsp3) is 0.167. The summed E-state index contributed by atoms with van der Waals surface area (Å²) in [4.78, 5) is 8.06. The van der Waals surface area contributed by atoms with Crippen molar-refractivity contribution >= 4 is 11.6 Å². The first-order chi connectivity index (χ1) is 8.20. The maximum Gasteiger partial charge on any atom is 0.132 e. The van der Waals surface area contributed by atoms with Crippen LogP contribution in [0.1, 0.15) is 17.0 Å². The summed E-state index contributed by atoms with van der Waals surface area (Å²) >= 11 is 5.90. The zero-order valence-corrected chi connectivity index (χ0v) is 9.65. The highest BCUT2D eigenvalue weighted by atomic mass is 35.5. The Balaban J connectivity index is 2.25. The van der Waals surface area contributed by atoms with Crippen LogP contribution in [0.3, 0.4) is 0 Å². The molecule has 0 unspecified atom stereocenters. The molecule has 1 aromatic heterocycles. The van der Waals surface area contributed by atoms with Gasteiger partial charge >= 0.3 is 0 Å². The van der Waals surface area contributed by atoms with E-state index in [0.717, 1.165) is 0 Å². The third-order valence-electron chi connectivity index (χ3n) is 2.34. The van der Waals surface area contributed by atoms with Crippen LogP contribution in [0.2, 0.25) is 5.02 Å². The largest absolute Gasteiger partial charge is 0.392 e. The molecule has 0 aliphatic heterocycles.